The summed E-state index contributed by atoms with van der Waals surface area (Å²) in [6.07, 6.45) is 2.32. The van der Waals surface area contributed by atoms with Gasteiger partial charge in [-0.25, -0.2) is 14.2 Å². The number of aromatic nitrogens is 1. The number of hydrogen-bond acceptors (Lipinski definition) is 4. The van der Waals surface area contributed by atoms with E-state index in [1.54, 1.807) is 5.98 Å². The van der Waals surface area contributed by atoms with Crippen LogP contribution in [-0.2, 0) is 9.31 Å². The van der Waals surface area contributed by atoms with Crippen molar-refractivity contribution in [2.24, 2.45) is 0 Å². The molecule has 0 unspecified atom stereocenters. The van der Waals surface area contributed by atoms with Crippen molar-refractivity contribution in [3.63, 3.8) is 0 Å². The first-order valence-corrected chi connectivity index (χ1v) is 6.55. The molecule has 2 heterocycles. The van der Waals surface area contributed by atoms with Crippen molar-refractivity contribution in [1.29, 1.82) is 0 Å². The Hall–Kier alpha value is -1.73. The maximum atomic E-state index is 13.2. The molecule has 1 aromatic rings. The van der Waals surface area contributed by atoms with E-state index < -0.39 is 30.1 Å². The van der Waals surface area contributed by atoms with Crippen LogP contribution < -0.4 is 0 Å². The Balaban J connectivity index is 2.24. The van der Waals surface area contributed by atoms with Gasteiger partial charge in [-0.2, -0.15) is 0 Å². The van der Waals surface area contributed by atoms with E-state index in [9.17, 15) is 9.18 Å². The average molecular weight is 293 g/mol. The molecule has 112 valence electrons. The molecule has 1 saturated heterocycles. The summed E-state index contributed by atoms with van der Waals surface area (Å²) in [5.74, 6) is -0.267. The van der Waals surface area contributed by atoms with Gasteiger partial charge in [0.25, 0.3) is 0 Å². The summed E-state index contributed by atoms with van der Waals surface area (Å²) in [6, 6.07) is 1.11. The third-order valence-corrected chi connectivity index (χ3v) is 3.79. The van der Waals surface area contributed by atoms with Crippen molar-refractivity contribution in [2.75, 3.05) is 0 Å². The summed E-state index contributed by atoms with van der Waals surface area (Å²) in [6.45, 7) is 7.64. The minimum Gasteiger partial charge on any atom is -0.476 e. The van der Waals surface area contributed by atoms with Gasteiger partial charge in [0.1, 0.15) is 5.82 Å². The zero-order valence-electron chi connectivity index (χ0n) is 12.4. The fourth-order valence-corrected chi connectivity index (χ4v) is 1.91. The molecular weight excluding hydrogens is 276 g/mol. The van der Waals surface area contributed by atoms with Crippen molar-refractivity contribution in [1.82, 2.24) is 4.98 Å². The highest BCUT2D eigenvalue weighted by Crippen LogP contribution is 2.37. The summed E-state index contributed by atoms with van der Waals surface area (Å²) < 4.78 is 24.7. The van der Waals surface area contributed by atoms with E-state index in [2.05, 4.69) is 4.98 Å². The van der Waals surface area contributed by atoms with Crippen LogP contribution in [0.4, 0.5) is 4.39 Å². The fraction of sp³-hybridized carbons (Fsp3) is 0.429. The smallest absolute Gasteiger partial charge is 0.476 e. The Morgan fingerprint density at radius 2 is 1.90 bits per heavy atom. The summed E-state index contributed by atoms with van der Waals surface area (Å²) in [4.78, 5) is 14.6. The Morgan fingerprint density at radius 3 is 2.43 bits per heavy atom. The van der Waals surface area contributed by atoms with E-state index >= 15 is 0 Å². The van der Waals surface area contributed by atoms with Crippen LogP contribution in [0.5, 0.6) is 0 Å². The van der Waals surface area contributed by atoms with Crippen LogP contribution in [0.1, 0.15) is 43.7 Å². The molecule has 7 heteroatoms. The van der Waals surface area contributed by atoms with Crippen molar-refractivity contribution in [3.05, 3.63) is 35.3 Å². The molecule has 0 atom stereocenters. The highest BCUT2D eigenvalue weighted by atomic mass is 19.1. The lowest BCUT2D eigenvalue weighted by atomic mass is 9.89. The van der Waals surface area contributed by atoms with Gasteiger partial charge in [-0.3, -0.25) is 0 Å². The number of nitrogens with zero attached hydrogens (tertiary/aromatic N) is 1. The van der Waals surface area contributed by atoms with Crippen LogP contribution in [0.3, 0.4) is 0 Å². The Morgan fingerprint density at radius 1 is 1.33 bits per heavy atom. The van der Waals surface area contributed by atoms with Crippen molar-refractivity contribution < 1.29 is 23.6 Å². The maximum Gasteiger partial charge on any atom is 0.487 e. The van der Waals surface area contributed by atoms with Gasteiger partial charge >= 0.3 is 13.1 Å². The number of carbonyl (C=O) groups is 1. The zero-order chi connectivity index (χ0) is 15.8. The molecule has 1 N–H and O–H groups in total. The van der Waals surface area contributed by atoms with E-state index in [1.807, 2.05) is 27.7 Å². The summed E-state index contributed by atoms with van der Waals surface area (Å²) in [5, 5.41) is 9.03. The summed E-state index contributed by atoms with van der Waals surface area (Å²) >= 11 is 0. The van der Waals surface area contributed by atoms with Gasteiger partial charge < -0.3 is 14.4 Å². The molecule has 1 fully saturated rings. The molecule has 0 spiro atoms. The van der Waals surface area contributed by atoms with Gasteiger partial charge in [-0.1, -0.05) is 12.1 Å². The topological polar surface area (TPSA) is 68.7 Å². The molecule has 0 aliphatic carbocycles. The second kappa shape index (κ2) is 5.24. The van der Waals surface area contributed by atoms with Crippen LogP contribution in [-0.4, -0.2) is 34.4 Å². The minimum absolute atomic E-state index is 0.164. The third-order valence-electron chi connectivity index (χ3n) is 3.79. The van der Waals surface area contributed by atoms with Crippen LogP contribution in [0, 0.1) is 5.82 Å². The molecular formula is C14H17BFNO4. The van der Waals surface area contributed by atoms with Crippen LogP contribution in [0.2, 0.25) is 0 Å². The standard InChI is InChI=1S/C14H17BFNO4/c1-13(2)14(3,4)21-15(20-13)6-5-9-7-10(16)8-17-11(9)12(18)19/h5-8H,1-4H3,(H,18,19)/b6-5+. The molecule has 0 amide bonds. The van der Waals surface area contributed by atoms with E-state index in [1.165, 1.54) is 6.08 Å². The number of carboxylic acid groups (broad SMARTS) is 1. The molecule has 0 saturated carbocycles. The first kappa shape index (κ1) is 15.7. The number of pyridine rings is 1. The highest BCUT2D eigenvalue weighted by Gasteiger charge is 2.50. The van der Waals surface area contributed by atoms with Crippen LogP contribution in [0.15, 0.2) is 18.2 Å². The van der Waals surface area contributed by atoms with Gasteiger partial charge in [-0.15, -0.1) is 0 Å². The summed E-state index contributed by atoms with van der Waals surface area (Å²) in [7, 11) is -0.625. The molecule has 0 aromatic carbocycles. The molecule has 1 aromatic heterocycles. The van der Waals surface area contributed by atoms with Crippen molar-refractivity contribution >= 4 is 19.2 Å². The van der Waals surface area contributed by atoms with Gasteiger partial charge in [-0.05, 0) is 33.8 Å². The Labute approximate surface area is 122 Å². The predicted molar refractivity (Wildman–Crippen MR) is 76.3 cm³/mol. The number of rotatable bonds is 3. The van der Waals surface area contributed by atoms with E-state index in [-0.39, 0.29) is 11.3 Å². The monoisotopic (exact) mass is 293 g/mol. The van der Waals surface area contributed by atoms with Gasteiger partial charge in [0.05, 0.1) is 17.4 Å². The Kier molecular flexibility index (Phi) is 3.90. The second-order valence-electron chi connectivity index (χ2n) is 5.88. The molecule has 1 aliphatic rings. The van der Waals surface area contributed by atoms with Gasteiger partial charge in [0.2, 0.25) is 0 Å². The largest absolute Gasteiger partial charge is 0.487 e. The third kappa shape index (κ3) is 3.14. The lowest BCUT2D eigenvalue weighted by Gasteiger charge is -2.32. The molecule has 0 bridgehead atoms. The number of carboxylic acids is 1. The van der Waals surface area contributed by atoms with E-state index in [0.29, 0.717) is 0 Å². The highest BCUT2D eigenvalue weighted by molar-refractivity contribution is 6.52. The lowest BCUT2D eigenvalue weighted by Crippen LogP contribution is -2.41. The Bertz CT molecular complexity index is 585. The van der Waals surface area contributed by atoms with Gasteiger partial charge in [0.15, 0.2) is 5.69 Å². The minimum atomic E-state index is -1.22. The maximum absolute atomic E-state index is 13.2. The number of aromatic carboxylic acids is 1. The van der Waals surface area contributed by atoms with Crippen LogP contribution >= 0.6 is 0 Å². The second-order valence-corrected chi connectivity index (χ2v) is 5.88. The number of hydrogen-bond donors (Lipinski definition) is 1. The van der Waals surface area contributed by atoms with Crippen LogP contribution in [0.25, 0.3) is 6.08 Å². The molecule has 21 heavy (non-hydrogen) atoms. The first-order chi connectivity index (χ1) is 9.62. The normalized spacial score (nSPS) is 20.1. The van der Waals surface area contributed by atoms with E-state index in [4.69, 9.17) is 14.4 Å². The van der Waals surface area contributed by atoms with Crippen molar-refractivity contribution in [2.45, 2.75) is 38.9 Å². The fourth-order valence-electron chi connectivity index (χ4n) is 1.91. The predicted octanol–water partition coefficient (Wildman–Crippen LogP) is 2.56. The molecule has 1 aliphatic heterocycles. The lowest BCUT2D eigenvalue weighted by molar-refractivity contribution is 0.00578. The van der Waals surface area contributed by atoms with Crippen molar-refractivity contribution in [3.8, 4) is 0 Å². The first-order valence-electron chi connectivity index (χ1n) is 6.55. The molecule has 5 nitrogen and oxygen atoms in total. The van der Waals surface area contributed by atoms with E-state index in [0.717, 1.165) is 12.3 Å². The quantitative estimate of drug-likeness (QED) is 0.867. The molecule has 2 rings (SSSR count). The SMILES string of the molecule is CC1(C)OB(/C=C/c2cc(F)cnc2C(=O)O)OC1(C)C. The average Bonchev–Trinajstić information content (AvgIpc) is 2.55. The van der Waals surface area contributed by atoms with Gasteiger partial charge in [0, 0.05) is 5.56 Å². The zero-order valence-corrected chi connectivity index (χ0v) is 12.4. The summed E-state index contributed by atoms with van der Waals surface area (Å²) in [5.41, 5.74) is -1.03. The number of halogens is 1. The molecule has 0 radical (unpaired) electrons.